The van der Waals surface area contributed by atoms with E-state index >= 15 is 0 Å². The van der Waals surface area contributed by atoms with Gasteiger partial charge in [-0.2, -0.15) is 0 Å². The molecule has 2 aromatic heterocycles. The van der Waals surface area contributed by atoms with Crippen molar-refractivity contribution in [3.05, 3.63) is 64.5 Å². The first-order valence-electron chi connectivity index (χ1n) is 8.25. The van der Waals surface area contributed by atoms with E-state index in [9.17, 15) is 9.18 Å². The van der Waals surface area contributed by atoms with Crippen LogP contribution in [0, 0.1) is 5.82 Å². The number of aromatic amines is 1. The Labute approximate surface area is 143 Å². The molecule has 0 unspecified atom stereocenters. The number of nitrogens with one attached hydrogen (secondary N) is 1. The number of pyridine rings is 1. The Kier molecular flexibility index (Phi) is 4.15. The number of H-pyrrole nitrogens is 1. The van der Waals surface area contributed by atoms with Crippen molar-refractivity contribution in [1.82, 2.24) is 19.9 Å². The molecule has 7 heteroatoms. The summed E-state index contributed by atoms with van der Waals surface area (Å²) in [6.45, 7) is 3.89. The highest BCUT2D eigenvalue weighted by atomic mass is 19.1. The van der Waals surface area contributed by atoms with Gasteiger partial charge >= 0.3 is 0 Å². The van der Waals surface area contributed by atoms with E-state index in [-0.39, 0.29) is 5.43 Å². The molecule has 25 heavy (non-hydrogen) atoms. The zero-order valence-corrected chi connectivity index (χ0v) is 13.7. The van der Waals surface area contributed by atoms with Crippen molar-refractivity contribution in [2.75, 3.05) is 31.1 Å². The molecule has 0 saturated carbocycles. The quantitative estimate of drug-likeness (QED) is 0.788. The molecule has 1 saturated heterocycles. The maximum atomic E-state index is 12.9. The highest BCUT2D eigenvalue weighted by molar-refractivity contribution is 5.78. The molecule has 1 aliphatic heterocycles. The van der Waals surface area contributed by atoms with Gasteiger partial charge in [0, 0.05) is 55.4 Å². The van der Waals surface area contributed by atoms with Crippen LogP contribution in [0.15, 0.2) is 47.5 Å². The van der Waals surface area contributed by atoms with Crippen LogP contribution >= 0.6 is 0 Å². The fourth-order valence-corrected chi connectivity index (χ4v) is 3.15. The fraction of sp³-hybridized carbons (Fsp3) is 0.278. The zero-order chi connectivity index (χ0) is 17.2. The van der Waals surface area contributed by atoms with Crippen LogP contribution in [0.3, 0.4) is 0 Å². The molecule has 1 fully saturated rings. The predicted molar refractivity (Wildman–Crippen MR) is 94.0 cm³/mol. The molecule has 3 heterocycles. The number of hydrogen-bond donors (Lipinski definition) is 1. The summed E-state index contributed by atoms with van der Waals surface area (Å²) in [6, 6.07) is 9.22. The molecular formula is C18H18FN5O. The molecule has 0 amide bonds. The number of anilines is 1. The predicted octanol–water partition coefficient (Wildman–Crippen LogP) is 1.78. The monoisotopic (exact) mass is 339 g/mol. The number of aromatic nitrogens is 3. The molecule has 1 N–H and O–H groups in total. The third kappa shape index (κ3) is 3.36. The highest BCUT2D eigenvalue weighted by Crippen LogP contribution is 2.13. The molecule has 128 valence electrons. The smallest absolute Gasteiger partial charge is 0.225 e. The number of benzene rings is 1. The van der Waals surface area contributed by atoms with Crippen LogP contribution in [0.5, 0.6) is 0 Å². The van der Waals surface area contributed by atoms with E-state index in [0.29, 0.717) is 17.9 Å². The van der Waals surface area contributed by atoms with Gasteiger partial charge in [-0.3, -0.25) is 9.69 Å². The van der Waals surface area contributed by atoms with Crippen LogP contribution in [0.4, 0.5) is 10.3 Å². The minimum absolute atomic E-state index is 0.0442. The first-order chi connectivity index (χ1) is 12.2. The van der Waals surface area contributed by atoms with Crippen molar-refractivity contribution in [3.8, 4) is 0 Å². The van der Waals surface area contributed by atoms with E-state index in [1.54, 1.807) is 6.07 Å². The standard InChI is InChI=1S/C18H18FN5O/c19-13-10-20-18(21-11-13)24-7-5-23(6-8-24)12-14-9-17(25)15-3-1-2-4-16(15)22-14/h1-4,9-11H,5-8,12H2,(H,22,25). The van der Waals surface area contributed by atoms with Gasteiger partial charge in [0.15, 0.2) is 11.2 Å². The van der Waals surface area contributed by atoms with Crippen LogP contribution in [0.1, 0.15) is 5.69 Å². The van der Waals surface area contributed by atoms with Crippen molar-refractivity contribution in [2.45, 2.75) is 6.54 Å². The molecule has 0 radical (unpaired) electrons. The van der Waals surface area contributed by atoms with Crippen molar-refractivity contribution >= 4 is 16.9 Å². The van der Waals surface area contributed by atoms with Gasteiger partial charge in [0.1, 0.15) is 0 Å². The zero-order valence-electron chi connectivity index (χ0n) is 13.7. The second-order valence-electron chi connectivity index (χ2n) is 6.17. The average Bonchev–Trinajstić information content (AvgIpc) is 2.63. The average molecular weight is 339 g/mol. The summed E-state index contributed by atoms with van der Waals surface area (Å²) in [5.41, 5.74) is 1.82. The Morgan fingerprint density at radius 2 is 1.80 bits per heavy atom. The fourth-order valence-electron chi connectivity index (χ4n) is 3.15. The van der Waals surface area contributed by atoms with E-state index < -0.39 is 5.82 Å². The summed E-state index contributed by atoms with van der Waals surface area (Å²) in [5.74, 6) is 0.128. The Hall–Kier alpha value is -2.80. The van der Waals surface area contributed by atoms with Gasteiger partial charge in [0.25, 0.3) is 0 Å². The minimum Gasteiger partial charge on any atom is -0.357 e. The topological polar surface area (TPSA) is 65.1 Å². The van der Waals surface area contributed by atoms with E-state index in [0.717, 1.165) is 37.4 Å². The van der Waals surface area contributed by atoms with Crippen LogP contribution < -0.4 is 10.3 Å². The first-order valence-corrected chi connectivity index (χ1v) is 8.25. The molecule has 0 aliphatic carbocycles. The number of rotatable bonds is 3. The van der Waals surface area contributed by atoms with Crippen LogP contribution in [0.2, 0.25) is 0 Å². The maximum Gasteiger partial charge on any atom is 0.225 e. The lowest BCUT2D eigenvalue weighted by Crippen LogP contribution is -2.46. The lowest BCUT2D eigenvalue weighted by Gasteiger charge is -2.34. The molecule has 0 spiro atoms. The van der Waals surface area contributed by atoms with Gasteiger partial charge in [-0.15, -0.1) is 0 Å². The maximum absolute atomic E-state index is 12.9. The lowest BCUT2D eigenvalue weighted by molar-refractivity contribution is 0.246. The summed E-state index contributed by atoms with van der Waals surface area (Å²) in [5, 5.41) is 0.713. The lowest BCUT2D eigenvalue weighted by atomic mass is 10.2. The second kappa shape index (κ2) is 6.60. The summed E-state index contributed by atoms with van der Waals surface area (Å²) in [6.07, 6.45) is 2.38. The SMILES string of the molecule is O=c1cc(CN2CCN(c3ncc(F)cn3)CC2)[nH]c2ccccc12. The van der Waals surface area contributed by atoms with E-state index in [1.165, 1.54) is 12.4 Å². The Morgan fingerprint density at radius 1 is 1.08 bits per heavy atom. The largest absolute Gasteiger partial charge is 0.357 e. The van der Waals surface area contributed by atoms with Gasteiger partial charge in [-0.05, 0) is 12.1 Å². The Bertz CT molecular complexity index is 932. The van der Waals surface area contributed by atoms with E-state index in [4.69, 9.17) is 0 Å². The molecular weight excluding hydrogens is 321 g/mol. The number of hydrogen-bond acceptors (Lipinski definition) is 5. The molecule has 1 aliphatic rings. The number of halogens is 1. The normalized spacial score (nSPS) is 15.6. The summed E-state index contributed by atoms with van der Waals surface area (Å²) in [4.78, 5) is 27.9. The Balaban J connectivity index is 1.43. The van der Waals surface area contributed by atoms with Gasteiger partial charge in [-0.1, -0.05) is 12.1 Å². The third-order valence-electron chi connectivity index (χ3n) is 4.45. The molecule has 4 rings (SSSR count). The van der Waals surface area contributed by atoms with Crippen molar-refractivity contribution in [1.29, 1.82) is 0 Å². The van der Waals surface area contributed by atoms with Crippen molar-refractivity contribution < 1.29 is 4.39 Å². The van der Waals surface area contributed by atoms with Crippen LogP contribution in [-0.2, 0) is 6.54 Å². The highest BCUT2D eigenvalue weighted by Gasteiger charge is 2.19. The van der Waals surface area contributed by atoms with Gasteiger partial charge in [0.2, 0.25) is 5.95 Å². The van der Waals surface area contributed by atoms with E-state index in [1.807, 2.05) is 29.2 Å². The van der Waals surface area contributed by atoms with Gasteiger partial charge in [-0.25, -0.2) is 14.4 Å². The second-order valence-corrected chi connectivity index (χ2v) is 6.17. The van der Waals surface area contributed by atoms with Crippen molar-refractivity contribution in [2.24, 2.45) is 0 Å². The number of fused-ring (bicyclic) bond motifs is 1. The number of piperazine rings is 1. The molecule has 1 aromatic carbocycles. The van der Waals surface area contributed by atoms with Gasteiger partial charge in [0.05, 0.1) is 12.4 Å². The van der Waals surface area contributed by atoms with Crippen LogP contribution in [-0.4, -0.2) is 46.0 Å². The Morgan fingerprint density at radius 3 is 2.56 bits per heavy atom. The number of para-hydroxylation sites is 1. The molecule has 0 bridgehead atoms. The molecule has 0 atom stereocenters. The first kappa shape index (κ1) is 15.7. The third-order valence-corrected chi connectivity index (χ3v) is 4.45. The molecule has 3 aromatic rings. The van der Waals surface area contributed by atoms with E-state index in [2.05, 4.69) is 19.9 Å². The summed E-state index contributed by atoms with van der Waals surface area (Å²) >= 11 is 0. The number of nitrogens with zero attached hydrogens (tertiary/aromatic N) is 4. The summed E-state index contributed by atoms with van der Waals surface area (Å²) < 4.78 is 12.9. The van der Waals surface area contributed by atoms with Gasteiger partial charge < -0.3 is 9.88 Å². The summed E-state index contributed by atoms with van der Waals surface area (Å²) in [7, 11) is 0. The minimum atomic E-state index is -0.428. The van der Waals surface area contributed by atoms with Crippen molar-refractivity contribution in [3.63, 3.8) is 0 Å². The molecule has 6 nitrogen and oxygen atoms in total. The van der Waals surface area contributed by atoms with Crippen LogP contribution in [0.25, 0.3) is 10.9 Å².